The van der Waals surface area contributed by atoms with Crippen LogP contribution in [0.4, 0.5) is 0 Å². The minimum atomic E-state index is 0.689. The zero-order valence-corrected chi connectivity index (χ0v) is 28.8. The molecule has 0 atom stereocenters. The topological polar surface area (TPSA) is 38.9 Å². The summed E-state index contributed by atoms with van der Waals surface area (Å²) >= 11 is 0. The fraction of sp³-hybridized carbons (Fsp3) is 0. The molecule has 248 valence electrons. The molecule has 3 nitrogen and oxygen atoms in total. The Labute approximate surface area is 307 Å². The number of para-hydroxylation sites is 1. The molecular formula is C50H32N2O. The lowest BCUT2D eigenvalue weighted by atomic mass is 9.90. The Morgan fingerprint density at radius 1 is 0.302 bits per heavy atom. The fourth-order valence-corrected chi connectivity index (χ4v) is 7.51. The van der Waals surface area contributed by atoms with E-state index in [2.05, 4.69) is 164 Å². The average molecular weight is 677 g/mol. The van der Waals surface area contributed by atoms with Crippen molar-refractivity contribution in [3.63, 3.8) is 0 Å². The summed E-state index contributed by atoms with van der Waals surface area (Å²) in [6.45, 7) is 0. The van der Waals surface area contributed by atoms with Crippen molar-refractivity contribution < 1.29 is 4.42 Å². The summed E-state index contributed by atoms with van der Waals surface area (Å²) in [6, 6.07) is 68.2. The van der Waals surface area contributed by atoms with E-state index in [1.807, 2.05) is 30.3 Å². The molecule has 8 aromatic carbocycles. The highest BCUT2D eigenvalue weighted by Gasteiger charge is 2.17. The Hall–Kier alpha value is -7.10. The van der Waals surface area contributed by atoms with E-state index in [1.54, 1.807) is 0 Å². The van der Waals surface area contributed by atoms with Gasteiger partial charge in [0.15, 0.2) is 5.82 Å². The van der Waals surface area contributed by atoms with E-state index in [0.29, 0.717) is 5.82 Å². The van der Waals surface area contributed by atoms with Crippen molar-refractivity contribution in [3.8, 4) is 67.3 Å². The Kier molecular flexibility index (Phi) is 7.47. The first-order valence-corrected chi connectivity index (χ1v) is 17.9. The molecule has 10 aromatic rings. The van der Waals surface area contributed by atoms with Gasteiger partial charge in [-0.3, -0.25) is 0 Å². The molecule has 0 N–H and O–H groups in total. The summed E-state index contributed by atoms with van der Waals surface area (Å²) in [5.74, 6) is 0.689. The molecule has 0 unspecified atom stereocenters. The van der Waals surface area contributed by atoms with E-state index < -0.39 is 0 Å². The highest BCUT2D eigenvalue weighted by atomic mass is 16.3. The van der Waals surface area contributed by atoms with Crippen LogP contribution < -0.4 is 0 Å². The van der Waals surface area contributed by atoms with Crippen molar-refractivity contribution in [3.05, 3.63) is 194 Å². The number of benzene rings is 8. The van der Waals surface area contributed by atoms with Crippen molar-refractivity contribution in [2.75, 3.05) is 0 Å². The van der Waals surface area contributed by atoms with Crippen molar-refractivity contribution in [2.45, 2.75) is 0 Å². The van der Waals surface area contributed by atoms with Gasteiger partial charge in [-0.15, -0.1) is 0 Å². The predicted octanol–water partition coefficient (Wildman–Crippen LogP) is 13.5. The van der Waals surface area contributed by atoms with Crippen molar-refractivity contribution in [1.29, 1.82) is 0 Å². The van der Waals surface area contributed by atoms with Gasteiger partial charge >= 0.3 is 0 Å². The van der Waals surface area contributed by atoms with Crippen LogP contribution in [0.3, 0.4) is 0 Å². The van der Waals surface area contributed by atoms with Crippen LogP contribution in [0.15, 0.2) is 199 Å². The summed E-state index contributed by atoms with van der Waals surface area (Å²) in [6.07, 6.45) is 0. The summed E-state index contributed by atoms with van der Waals surface area (Å²) in [5.41, 5.74) is 13.4. The molecule has 0 fully saturated rings. The maximum absolute atomic E-state index is 6.22. The predicted molar refractivity (Wildman–Crippen MR) is 219 cm³/mol. The monoisotopic (exact) mass is 676 g/mol. The van der Waals surface area contributed by atoms with E-state index in [9.17, 15) is 0 Å². The second-order valence-corrected chi connectivity index (χ2v) is 13.4. The lowest BCUT2D eigenvalue weighted by Crippen LogP contribution is -1.97. The van der Waals surface area contributed by atoms with Gasteiger partial charge in [-0.2, -0.15) is 0 Å². The van der Waals surface area contributed by atoms with Crippen molar-refractivity contribution in [2.24, 2.45) is 0 Å². The number of hydrogen-bond donors (Lipinski definition) is 0. The van der Waals surface area contributed by atoms with Gasteiger partial charge in [0, 0.05) is 27.5 Å². The van der Waals surface area contributed by atoms with Gasteiger partial charge in [-0.1, -0.05) is 152 Å². The van der Waals surface area contributed by atoms with Crippen molar-refractivity contribution >= 4 is 32.7 Å². The zero-order valence-electron chi connectivity index (χ0n) is 28.8. The van der Waals surface area contributed by atoms with Gasteiger partial charge < -0.3 is 4.42 Å². The molecule has 0 saturated carbocycles. The molecule has 2 heterocycles. The normalized spacial score (nSPS) is 11.4. The van der Waals surface area contributed by atoms with Crippen molar-refractivity contribution in [1.82, 2.24) is 9.97 Å². The third kappa shape index (κ3) is 5.65. The lowest BCUT2D eigenvalue weighted by Gasteiger charge is -2.16. The first kappa shape index (κ1) is 30.7. The number of nitrogens with zero attached hydrogens (tertiary/aromatic N) is 2. The number of hydrogen-bond acceptors (Lipinski definition) is 3. The minimum Gasteiger partial charge on any atom is -0.456 e. The van der Waals surface area contributed by atoms with E-state index in [4.69, 9.17) is 14.4 Å². The minimum absolute atomic E-state index is 0.689. The van der Waals surface area contributed by atoms with Crippen LogP contribution in [-0.2, 0) is 0 Å². The van der Waals surface area contributed by atoms with E-state index in [0.717, 1.165) is 77.7 Å². The lowest BCUT2D eigenvalue weighted by molar-refractivity contribution is 0.669. The summed E-state index contributed by atoms with van der Waals surface area (Å²) in [4.78, 5) is 10.5. The number of aromatic nitrogens is 2. The Morgan fingerprint density at radius 2 is 0.887 bits per heavy atom. The Bertz CT molecular complexity index is 2940. The van der Waals surface area contributed by atoms with E-state index in [1.165, 1.54) is 16.5 Å². The first-order chi connectivity index (χ1) is 26.2. The van der Waals surface area contributed by atoms with Gasteiger partial charge in [-0.25, -0.2) is 9.97 Å². The van der Waals surface area contributed by atoms with Crippen LogP contribution in [0.5, 0.6) is 0 Å². The first-order valence-electron chi connectivity index (χ1n) is 17.9. The van der Waals surface area contributed by atoms with Gasteiger partial charge in [0.1, 0.15) is 11.2 Å². The second-order valence-electron chi connectivity index (χ2n) is 13.4. The summed E-state index contributed by atoms with van der Waals surface area (Å²) in [7, 11) is 0. The van der Waals surface area contributed by atoms with Gasteiger partial charge in [0.05, 0.1) is 11.4 Å². The van der Waals surface area contributed by atoms with Crippen LogP contribution in [0.25, 0.3) is 100.0 Å². The van der Waals surface area contributed by atoms with Crippen LogP contribution in [0.2, 0.25) is 0 Å². The zero-order chi connectivity index (χ0) is 35.1. The van der Waals surface area contributed by atoms with E-state index >= 15 is 0 Å². The van der Waals surface area contributed by atoms with E-state index in [-0.39, 0.29) is 0 Å². The summed E-state index contributed by atoms with van der Waals surface area (Å²) < 4.78 is 6.22. The molecular weight excluding hydrogens is 645 g/mol. The Morgan fingerprint density at radius 3 is 1.72 bits per heavy atom. The van der Waals surface area contributed by atoms with Gasteiger partial charge in [0.25, 0.3) is 0 Å². The molecule has 10 rings (SSSR count). The van der Waals surface area contributed by atoms with Crippen LogP contribution in [0, 0.1) is 0 Å². The third-order valence-electron chi connectivity index (χ3n) is 10.1. The quantitative estimate of drug-likeness (QED) is 0.176. The van der Waals surface area contributed by atoms with Gasteiger partial charge in [-0.05, 0) is 86.6 Å². The second kappa shape index (κ2) is 12.9. The molecule has 0 bridgehead atoms. The molecule has 2 aromatic heterocycles. The molecule has 0 saturated heterocycles. The molecule has 0 amide bonds. The number of fused-ring (bicyclic) bond motifs is 4. The number of furan rings is 1. The molecule has 0 radical (unpaired) electrons. The largest absolute Gasteiger partial charge is 0.456 e. The maximum Gasteiger partial charge on any atom is 0.160 e. The number of rotatable bonds is 6. The van der Waals surface area contributed by atoms with Gasteiger partial charge in [0.2, 0.25) is 0 Å². The molecule has 0 aliphatic carbocycles. The standard InChI is InChI=1S/C50H32N2O/c1-3-14-33(15-4-1)40-20-9-10-22-42(40)38-28-37(36-26-27-49-45(31-36)44-23-11-12-25-48(44)53-49)29-39(30-38)46-32-47(52-50(51-46)35-17-5-2-6-18-35)43-24-13-19-34-16-7-8-21-41(34)43/h1-32H. The van der Waals surface area contributed by atoms with Crippen LogP contribution >= 0.6 is 0 Å². The fourth-order valence-electron chi connectivity index (χ4n) is 7.51. The third-order valence-corrected chi connectivity index (χ3v) is 10.1. The van der Waals surface area contributed by atoms with Crippen LogP contribution in [0.1, 0.15) is 0 Å². The molecule has 0 aliphatic heterocycles. The molecule has 0 aliphatic rings. The smallest absolute Gasteiger partial charge is 0.160 e. The maximum atomic E-state index is 6.22. The Balaban J connectivity index is 1.23. The molecule has 0 spiro atoms. The highest BCUT2D eigenvalue weighted by Crippen LogP contribution is 2.40. The highest BCUT2D eigenvalue weighted by molar-refractivity contribution is 6.06. The summed E-state index contributed by atoms with van der Waals surface area (Å²) in [5, 5.41) is 4.54. The molecule has 53 heavy (non-hydrogen) atoms. The van der Waals surface area contributed by atoms with Crippen LogP contribution in [-0.4, -0.2) is 9.97 Å². The SMILES string of the molecule is c1ccc(-c2nc(-c3cc(-c4ccc5oc6ccccc6c5c4)cc(-c4ccccc4-c4ccccc4)c3)cc(-c3cccc4ccccc34)n2)cc1. The average Bonchev–Trinajstić information content (AvgIpc) is 3.62. The molecule has 3 heteroatoms.